The molecule has 1 fully saturated rings. The van der Waals surface area contributed by atoms with Crippen LogP contribution in [0.5, 0.6) is 5.75 Å². The van der Waals surface area contributed by atoms with E-state index in [-0.39, 0.29) is 12.3 Å². The van der Waals surface area contributed by atoms with Crippen LogP contribution in [-0.4, -0.2) is 45.8 Å². The molecule has 0 spiro atoms. The van der Waals surface area contributed by atoms with Crippen LogP contribution in [0.2, 0.25) is 0 Å². The Labute approximate surface area is 208 Å². The molecule has 0 bridgehead atoms. The van der Waals surface area contributed by atoms with E-state index in [0.717, 1.165) is 27.1 Å². The van der Waals surface area contributed by atoms with E-state index in [1.807, 2.05) is 73.0 Å². The molecule has 3 heterocycles. The molecule has 1 N–H and O–H groups in total. The van der Waals surface area contributed by atoms with E-state index < -0.39 is 17.5 Å². The van der Waals surface area contributed by atoms with Gasteiger partial charge in [0.25, 0.3) is 5.91 Å². The minimum atomic E-state index is -1.28. The van der Waals surface area contributed by atoms with E-state index in [9.17, 15) is 14.4 Å². The summed E-state index contributed by atoms with van der Waals surface area (Å²) in [5.41, 5.74) is 1.35. The predicted octanol–water partition coefficient (Wildman–Crippen LogP) is 4.30. The van der Waals surface area contributed by atoms with Gasteiger partial charge in [0, 0.05) is 23.1 Å². The molecule has 182 valence electrons. The molecule has 0 saturated carbocycles. The van der Waals surface area contributed by atoms with E-state index in [1.165, 1.54) is 0 Å². The third-order valence-corrected chi connectivity index (χ3v) is 6.81. The fourth-order valence-corrected chi connectivity index (χ4v) is 4.81. The average Bonchev–Trinajstić information content (AvgIpc) is 3.30. The van der Waals surface area contributed by atoms with Crippen LogP contribution in [0.4, 0.5) is 4.79 Å². The molecule has 8 nitrogen and oxygen atoms in total. The van der Waals surface area contributed by atoms with Gasteiger partial charge in [0.05, 0.1) is 13.7 Å². The van der Waals surface area contributed by atoms with Gasteiger partial charge in [0.1, 0.15) is 17.1 Å². The molecule has 5 rings (SSSR count). The summed E-state index contributed by atoms with van der Waals surface area (Å²) in [6.45, 7) is 5.03. The number of urea groups is 1. The summed E-state index contributed by atoms with van der Waals surface area (Å²) >= 11 is 0. The third kappa shape index (κ3) is 3.71. The highest BCUT2D eigenvalue weighted by molar-refractivity contribution is 6.11. The number of carbonyl (C=O) groups excluding carboxylic acids is 3. The number of fused-ring (bicyclic) bond motifs is 1. The highest BCUT2D eigenvalue weighted by atomic mass is 16.5. The molecule has 3 amide bonds. The normalized spacial score (nSPS) is 17.5. The van der Waals surface area contributed by atoms with E-state index in [0.29, 0.717) is 22.6 Å². The van der Waals surface area contributed by atoms with Crippen molar-refractivity contribution in [1.29, 1.82) is 0 Å². The number of nitrogens with one attached hydrogen (secondary N) is 1. The van der Waals surface area contributed by atoms with Crippen LogP contribution in [0.25, 0.3) is 16.6 Å². The number of nitrogens with zero attached hydrogens (tertiary/aromatic N) is 3. The fraction of sp³-hybridized carbons (Fsp3) is 0.214. The number of imide groups is 1. The SMILES string of the molecule is COc1ccc2cc(C3(C)NC(=O)N(CC(=O)c4cc(C)n(-c5ccccn5)c4C)C3=O)ccc2c1. The van der Waals surface area contributed by atoms with Crippen molar-refractivity contribution in [2.45, 2.75) is 26.3 Å². The molecule has 8 heteroatoms. The van der Waals surface area contributed by atoms with Crippen molar-refractivity contribution in [3.05, 3.63) is 89.4 Å². The standard InChI is InChI=1S/C28H26N4O4/c1-17-13-23(18(2)32(17)25-7-5-6-12-29-25)24(33)16-31-26(34)28(3,30-27(31)35)21-10-8-20-15-22(36-4)11-9-19(20)14-21/h5-15H,16H2,1-4H3,(H,30,35). The first-order chi connectivity index (χ1) is 17.2. The van der Waals surface area contributed by atoms with Crippen LogP contribution in [-0.2, 0) is 10.3 Å². The van der Waals surface area contributed by atoms with Crippen LogP contribution < -0.4 is 10.1 Å². The Bertz CT molecular complexity index is 1530. The summed E-state index contributed by atoms with van der Waals surface area (Å²) in [6, 6.07) is 18.0. The maximum absolute atomic E-state index is 13.5. The van der Waals surface area contributed by atoms with Crippen molar-refractivity contribution < 1.29 is 19.1 Å². The van der Waals surface area contributed by atoms with Gasteiger partial charge in [-0.05, 0) is 73.5 Å². The Morgan fingerprint density at radius 1 is 1.03 bits per heavy atom. The molecule has 1 atom stereocenters. The van der Waals surface area contributed by atoms with Gasteiger partial charge in [0.15, 0.2) is 5.78 Å². The first-order valence-corrected chi connectivity index (χ1v) is 11.6. The van der Waals surface area contributed by atoms with Crippen LogP contribution in [0.1, 0.15) is 34.2 Å². The number of hydrogen-bond donors (Lipinski definition) is 1. The Kier molecular flexibility index (Phi) is 5.59. The lowest BCUT2D eigenvalue weighted by atomic mass is 9.90. The second-order valence-corrected chi connectivity index (χ2v) is 9.11. The van der Waals surface area contributed by atoms with Crippen molar-refractivity contribution in [1.82, 2.24) is 19.8 Å². The summed E-state index contributed by atoms with van der Waals surface area (Å²) in [7, 11) is 1.61. The molecule has 1 aliphatic heterocycles. The van der Waals surface area contributed by atoms with E-state index >= 15 is 0 Å². The number of aromatic nitrogens is 2. The van der Waals surface area contributed by atoms with E-state index in [4.69, 9.17) is 4.74 Å². The van der Waals surface area contributed by atoms with Crippen molar-refractivity contribution >= 4 is 28.5 Å². The first kappa shape index (κ1) is 23.3. The lowest BCUT2D eigenvalue weighted by Crippen LogP contribution is -2.41. The second-order valence-electron chi connectivity index (χ2n) is 9.11. The number of pyridine rings is 1. The zero-order chi connectivity index (χ0) is 25.6. The average molecular weight is 483 g/mol. The van der Waals surface area contributed by atoms with Gasteiger partial charge in [-0.3, -0.25) is 14.5 Å². The lowest BCUT2D eigenvalue weighted by Gasteiger charge is -2.22. The zero-order valence-electron chi connectivity index (χ0n) is 20.5. The minimum Gasteiger partial charge on any atom is -0.497 e. The maximum Gasteiger partial charge on any atom is 0.325 e. The zero-order valence-corrected chi connectivity index (χ0v) is 20.5. The number of Topliss-reactive ketones (excluding diaryl/α,β-unsaturated/α-hetero) is 1. The van der Waals surface area contributed by atoms with Gasteiger partial charge in [-0.25, -0.2) is 9.78 Å². The van der Waals surface area contributed by atoms with Crippen LogP contribution >= 0.6 is 0 Å². The number of benzene rings is 2. The molecule has 4 aromatic rings. The number of methoxy groups -OCH3 is 1. The molecule has 1 unspecified atom stereocenters. The fourth-order valence-electron chi connectivity index (χ4n) is 4.81. The van der Waals surface area contributed by atoms with Crippen molar-refractivity contribution in [2.75, 3.05) is 13.7 Å². The Hall–Kier alpha value is -4.46. The molecule has 0 radical (unpaired) electrons. The molecule has 1 saturated heterocycles. The number of rotatable bonds is 6. The topological polar surface area (TPSA) is 93.5 Å². The number of amides is 3. The summed E-state index contributed by atoms with van der Waals surface area (Å²) < 4.78 is 7.16. The second kappa shape index (κ2) is 8.64. The molecule has 2 aromatic heterocycles. The first-order valence-electron chi connectivity index (χ1n) is 11.6. The molecule has 1 aliphatic rings. The number of hydrogen-bond acceptors (Lipinski definition) is 5. The Morgan fingerprint density at radius 2 is 1.78 bits per heavy atom. The highest BCUT2D eigenvalue weighted by Gasteiger charge is 2.49. The molecular formula is C28H26N4O4. The predicted molar refractivity (Wildman–Crippen MR) is 135 cm³/mol. The van der Waals surface area contributed by atoms with Crippen LogP contribution in [0.15, 0.2) is 66.9 Å². The third-order valence-electron chi connectivity index (χ3n) is 6.81. The summed E-state index contributed by atoms with van der Waals surface area (Å²) in [5, 5.41) is 4.66. The van der Waals surface area contributed by atoms with Gasteiger partial charge in [-0.15, -0.1) is 0 Å². The maximum atomic E-state index is 13.5. The smallest absolute Gasteiger partial charge is 0.325 e. The number of carbonyl (C=O) groups is 3. The van der Waals surface area contributed by atoms with Gasteiger partial charge in [-0.1, -0.05) is 24.3 Å². The molecule has 0 aliphatic carbocycles. The molecule has 36 heavy (non-hydrogen) atoms. The monoisotopic (exact) mass is 482 g/mol. The number of ketones is 1. The van der Waals surface area contributed by atoms with E-state index in [2.05, 4.69) is 10.3 Å². The Balaban J connectivity index is 1.41. The molecular weight excluding hydrogens is 456 g/mol. The Morgan fingerprint density at radius 3 is 2.50 bits per heavy atom. The summed E-state index contributed by atoms with van der Waals surface area (Å²) in [6.07, 6.45) is 1.69. The lowest BCUT2D eigenvalue weighted by molar-refractivity contribution is -0.130. The minimum absolute atomic E-state index is 0.316. The number of aryl methyl sites for hydroxylation is 1. The van der Waals surface area contributed by atoms with Gasteiger partial charge in [-0.2, -0.15) is 0 Å². The van der Waals surface area contributed by atoms with Gasteiger partial charge >= 0.3 is 6.03 Å². The van der Waals surface area contributed by atoms with Gasteiger partial charge in [0.2, 0.25) is 0 Å². The van der Waals surface area contributed by atoms with Crippen molar-refractivity contribution in [2.24, 2.45) is 0 Å². The highest BCUT2D eigenvalue weighted by Crippen LogP contribution is 2.32. The van der Waals surface area contributed by atoms with Crippen LogP contribution in [0.3, 0.4) is 0 Å². The quantitative estimate of drug-likeness (QED) is 0.327. The van der Waals surface area contributed by atoms with Gasteiger partial charge < -0.3 is 14.6 Å². The number of ether oxygens (including phenoxy) is 1. The van der Waals surface area contributed by atoms with Crippen molar-refractivity contribution in [3.8, 4) is 11.6 Å². The summed E-state index contributed by atoms with van der Waals surface area (Å²) in [4.78, 5) is 45.0. The largest absolute Gasteiger partial charge is 0.497 e. The molecule has 2 aromatic carbocycles. The summed E-state index contributed by atoms with van der Waals surface area (Å²) in [5.74, 6) is 0.651. The van der Waals surface area contributed by atoms with Crippen LogP contribution in [0, 0.1) is 13.8 Å². The van der Waals surface area contributed by atoms with E-state index in [1.54, 1.807) is 26.3 Å². The van der Waals surface area contributed by atoms with Crippen molar-refractivity contribution in [3.63, 3.8) is 0 Å².